The van der Waals surface area contributed by atoms with Crippen molar-refractivity contribution in [2.45, 2.75) is 51.6 Å². The summed E-state index contributed by atoms with van der Waals surface area (Å²) in [6, 6.07) is 3.74. The minimum atomic E-state index is -0.880. The molecule has 1 fully saturated rings. The third-order valence-electron chi connectivity index (χ3n) is 5.00. The predicted molar refractivity (Wildman–Crippen MR) is 88.2 cm³/mol. The number of rotatable bonds is 2. The van der Waals surface area contributed by atoms with Crippen molar-refractivity contribution in [1.82, 2.24) is 4.98 Å². The van der Waals surface area contributed by atoms with Crippen molar-refractivity contribution in [2.24, 2.45) is 5.41 Å². The lowest BCUT2D eigenvalue weighted by atomic mass is 9.77. The number of nitrogens with two attached hydrogens (primary N) is 1. The Morgan fingerprint density at radius 1 is 1.18 bits per heavy atom. The van der Waals surface area contributed by atoms with Crippen LogP contribution in [0.2, 0.25) is 0 Å². The number of ether oxygens (including phenoxy) is 1. The van der Waals surface area contributed by atoms with E-state index in [2.05, 4.69) is 19.9 Å². The number of hydrogen-bond donors (Lipinski definition) is 2. The maximum atomic E-state index is 10.8. The fourth-order valence-corrected chi connectivity index (χ4v) is 3.24. The summed E-state index contributed by atoms with van der Waals surface area (Å²) in [5.74, 6) is 0. The average molecular weight is 302 g/mol. The van der Waals surface area contributed by atoms with Crippen LogP contribution in [-0.2, 0) is 10.3 Å². The van der Waals surface area contributed by atoms with E-state index in [1.807, 2.05) is 12.1 Å². The van der Waals surface area contributed by atoms with Gasteiger partial charge in [-0.15, -0.1) is 0 Å². The molecule has 0 atom stereocenters. The first kappa shape index (κ1) is 15.5. The van der Waals surface area contributed by atoms with Crippen molar-refractivity contribution in [3.63, 3.8) is 0 Å². The maximum absolute atomic E-state index is 10.8. The molecule has 3 N–H and O–H groups in total. The summed E-state index contributed by atoms with van der Waals surface area (Å²) in [6.07, 6.45) is 6.63. The van der Waals surface area contributed by atoms with Gasteiger partial charge < -0.3 is 15.6 Å². The van der Waals surface area contributed by atoms with E-state index in [1.165, 1.54) is 5.57 Å². The van der Waals surface area contributed by atoms with Crippen molar-refractivity contribution in [3.05, 3.63) is 29.6 Å². The third-order valence-corrected chi connectivity index (χ3v) is 5.00. The summed E-state index contributed by atoms with van der Waals surface area (Å²) in [5.41, 5.74) is 9.13. The first-order valence-corrected chi connectivity index (χ1v) is 8.16. The van der Waals surface area contributed by atoms with Crippen molar-refractivity contribution >= 4 is 11.3 Å². The molecule has 1 aromatic rings. The lowest BCUT2D eigenvalue weighted by Gasteiger charge is -2.32. The molecule has 0 bridgehead atoms. The minimum Gasteiger partial charge on any atom is -0.397 e. The van der Waals surface area contributed by atoms with Crippen LogP contribution in [0.5, 0.6) is 0 Å². The van der Waals surface area contributed by atoms with E-state index < -0.39 is 5.60 Å². The van der Waals surface area contributed by atoms with E-state index in [0.717, 1.165) is 30.7 Å². The largest absolute Gasteiger partial charge is 0.397 e. The number of aliphatic hydroxyl groups is 1. The molecule has 0 spiro atoms. The summed E-state index contributed by atoms with van der Waals surface area (Å²) in [7, 11) is 0. The highest BCUT2D eigenvalue weighted by Gasteiger charge is 2.34. The fraction of sp³-hybridized carbons (Fsp3) is 0.611. The molecule has 120 valence electrons. The number of allylic oxidation sites excluding steroid dienone is 2. The van der Waals surface area contributed by atoms with E-state index in [9.17, 15) is 5.11 Å². The summed E-state index contributed by atoms with van der Waals surface area (Å²) in [5, 5.41) is 10.8. The molecule has 4 nitrogen and oxygen atoms in total. The van der Waals surface area contributed by atoms with Gasteiger partial charge in [0.2, 0.25) is 0 Å². The molecule has 0 radical (unpaired) electrons. The highest BCUT2D eigenvalue weighted by Crippen LogP contribution is 2.39. The van der Waals surface area contributed by atoms with Gasteiger partial charge in [-0.3, -0.25) is 0 Å². The van der Waals surface area contributed by atoms with E-state index in [1.54, 1.807) is 0 Å². The quantitative estimate of drug-likeness (QED) is 0.880. The van der Waals surface area contributed by atoms with Crippen molar-refractivity contribution in [2.75, 3.05) is 18.9 Å². The molecule has 0 aromatic carbocycles. The minimum absolute atomic E-state index is 0.356. The Kier molecular flexibility index (Phi) is 4.00. The monoisotopic (exact) mass is 302 g/mol. The van der Waals surface area contributed by atoms with Crippen LogP contribution in [0.15, 0.2) is 18.2 Å². The highest BCUT2D eigenvalue weighted by molar-refractivity contribution is 5.73. The smallest absolute Gasteiger partial charge is 0.111 e. The Balaban J connectivity index is 1.92. The van der Waals surface area contributed by atoms with E-state index in [4.69, 9.17) is 15.5 Å². The number of anilines is 1. The summed E-state index contributed by atoms with van der Waals surface area (Å²) < 4.78 is 5.36. The Morgan fingerprint density at radius 3 is 2.55 bits per heavy atom. The second kappa shape index (κ2) is 5.67. The molecule has 1 aliphatic heterocycles. The lowest BCUT2D eigenvalue weighted by Crippen LogP contribution is -2.34. The Bertz CT molecular complexity index is 587. The number of hydrogen-bond acceptors (Lipinski definition) is 4. The summed E-state index contributed by atoms with van der Waals surface area (Å²) in [6.45, 7) is 5.74. The van der Waals surface area contributed by atoms with Gasteiger partial charge in [0, 0.05) is 26.1 Å². The van der Waals surface area contributed by atoms with Gasteiger partial charge in [0.25, 0.3) is 0 Å². The molecule has 2 aliphatic rings. The standard InChI is InChI=1S/C18H26N2O2/c1-17(2)7-5-13(6-8-17)16-14(19)3-4-15(20-16)18(21)9-11-22-12-10-18/h3-5,21H,6-12,19H2,1-2H3. The first-order chi connectivity index (χ1) is 10.4. The van der Waals surface area contributed by atoms with Crippen LogP contribution in [-0.4, -0.2) is 23.3 Å². The van der Waals surface area contributed by atoms with Gasteiger partial charge in [0.05, 0.1) is 17.1 Å². The van der Waals surface area contributed by atoms with Gasteiger partial charge in [-0.05, 0) is 42.4 Å². The molecule has 0 unspecified atom stereocenters. The molecular weight excluding hydrogens is 276 g/mol. The van der Waals surface area contributed by atoms with Crippen LogP contribution >= 0.6 is 0 Å². The van der Waals surface area contributed by atoms with Crippen LogP contribution < -0.4 is 5.73 Å². The Morgan fingerprint density at radius 2 is 1.91 bits per heavy atom. The van der Waals surface area contributed by atoms with Crippen LogP contribution in [0.4, 0.5) is 5.69 Å². The van der Waals surface area contributed by atoms with Crippen molar-refractivity contribution < 1.29 is 9.84 Å². The number of nitrogens with zero attached hydrogens (tertiary/aromatic N) is 1. The second-order valence-electron chi connectivity index (χ2n) is 7.38. The predicted octanol–water partition coefficient (Wildman–Crippen LogP) is 3.26. The number of aromatic nitrogens is 1. The third kappa shape index (κ3) is 3.03. The number of pyridine rings is 1. The zero-order valence-corrected chi connectivity index (χ0v) is 13.6. The van der Waals surface area contributed by atoms with Gasteiger partial charge in [-0.2, -0.15) is 0 Å². The summed E-state index contributed by atoms with van der Waals surface area (Å²) in [4.78, 5) is 4.74. The zero-order valence-electron chi connectivity index (χ0n) is 13.6. The van der Waals surface area contributed by atoms with Crippen LogP contribution in [0, 0.1) is 5.41 Å². The van der Waals surface area contributed by atoms with Gasteiger partial charge in [-0.1, -0.05) is 19.9 Å². The first-order valence-electron chi connectivity index (χ1n) is 8.16. The Hall–Kier alpha value is -1.39. The Labute approximate surface area is 132 Å². The van der Waals surface area contributed by atoms with Crippen LogP contribution in [0.25, 0.3) is 5.57 Å². The van der Waals surface area contributed by atoms with Crippen LogP contribution in [0.1, 0.15) is 57.3 Å². The summed E-state index contributed by atoms with van der Waals surface area (Å²) >= 11 is 0. The van der Waals surface area contributed by atoms with Gasteiger partial charge in [0.15, 0.2) is 0 Å². The average Bonchev–Trinajstić information content (AvgIpc) is 2.49. The molecule has 4 heteroatoms. The molecule has 1 aromatic heterocycles. The normalized spacial score (nSPS) is 23.9. The van der Waals surface area contributed by atoms with E-state index in [-0.39, 0.29) is 0 Å². The molecule has 3 rings (SSSR count). The van der Waals surface area contributed by atoms with E-state index in [0.29, 0.717) is 37.2 Å². The zero-order chi connectivity index (χ0) is 15.8. The second-order valence-corrected chi connectivity index (χ2v) is 7.38. The maximum Gasteiger partial charge on any atom is 0.111 e. The lowest BCUT2D eigenvalue weighted by molar-refractivity contribution is -0.0705. The molecule has 0 saturated carbocycles. The van der Waals surface area contributed by atoms with Crippen LogP contribution in [0.3, 0.4) is 0 Å². The fourth-order valence-electron chi connectivity index (χ4n) is 3.24. The molecular formula is C18H26N2O2. The molecule has 22 heavy (non-hydrogen) atoms. The highest BCUT2D eigenvalue weighted by atomic mass is 16.5. The van der Waals surface area contributed by atoms with Crippen molar-refractivity contribution in [3.8, 4) is 0 Å². The van der Waals surface area contributed by atoms with Crippen molar-refractivity contribution in [1.29, 1.82) is 0 Å². The number of nitrogen functional groups attached to an aromatic ring is 1. The molecule has 1 aliphatic carbocycles. The topological polar surface area (TPSA) is 68.4 Å². The molecule has 2 heterocycles. The van der Waals surface area contributed by atoms with Gasteiger partial charge >= 0.3 is 0 Å². The van der Waals surface area contributed by atoms with E-state index >= 15 is 0 Å². The molecule has 0 amide bonds. The SMILES string of the molecule is CC1(C)CC=C(c2nc(C3(O)CCOCC3)ccc2N)CC1. The molecule has 1 saturated heterocycles. The van der Waals surface area contributed by atoms with Gasteiger partial charge in [-0.25, -0.2) is 4.98 Å². The van der Waals surface area contributed by atoms with Gasteiger partial charge in [0.1, 0.15) is 5.60 Å².